The van der Waals surface area contributed by atoms with Crippen LogP contribution < -0.4 is 10.9 Å². The van der Waals surface area contributed by atoms with Gasteiger partial charge in [0.05, 0.1) is 17.7 Å². The van der Waals surface area contributed by atoms with Gasteiger partial charge in [0.15, 0.2) is 5.82 Å². The Kier molecular flexibility index (Phi) is 5.86. The third-order valence-electron chi connectivity index (χ3n) is 7.03. The number of aromatic nitrogens is 3. The van der Waals surface area contributed by atoms with Crippen LogP contribution in [0, 0.1) is 6.92 Å². The smallest absolute Gasteiger partial charge is 0.261 e. The fourth-order valence-corrected chi connectivity index (χ4v) is 4.99. The second-order valence-corrected chi connectivity index (χ2v) is 9.78. The molecule has 0 bridgehead atoms. The normalized spacial score (nSPS) is 22.3. The maximum absolute atomic E-state index is 13.5. The minimum Gasteiger partial charge on any atom is -0.379 e. The summed E-state index contributed by atoms with van der Waals surface area (Å²) in [6.07, 6.45) is 2.78. The summed E-state index contributed by atoms with van der Waals surface area (Å²) in [7, 11) is 0. The molecule has 2 aromatic heterocycles. The molecule has 1 amide bonds. The maximum atomic E-state index is 13.5. The summed E-state index contributed by atoms with van der Waals surface area (Å²) in [5, 5.41) is 8.47. The van der Waals surface area contributed by atoms with Crippen molar-refractivity contribution in [1.29, 1.82) is 0 Å². The third kappa shape index (κ3) is 4.42. The van der Waals surface area contributed by atoms with Crippen LogP contribution in [-0.4, -0.2) is 57.8 Å². The Hall–Kier alpha value is -3.27. The molecule has 0 radical (unpaired) electrons. The standard InChI is InChI=1S/C25H29F2N5O3/c1-16-14-17(4-5-18(16)23(34)31-11-8-25(26,27)9-12-31)29-21-20-19(6-10-28-22(20)33)32(30-21)24(2)7-3-13-35-15-24/h4-6,10,14H,3,7-9,11-13,15H2,1-2H3,(H,28,33)(H,29,30)/t24-/m1/s1. The molecule has 1 aromatic carbocycles. The quantitative estimate of drug-likeness (QED) is 0.579. The van der Waals surface area contributed by atoms with Gasteiger partial charge >= 0.3 is 0 Å². The number of carbonyl (C=O) groups is 1. The summed E-state index contributed by atoms with van der Waals surface area (Å²) in [6, 6.07) is 7.07. The van der Waals surface area contributed by atoms with Gasteiger partial charge < -0.3 is 19.9 Å². The predicted molar refractivity (Wildman–Crippen MR) is 129 cm³/mol. The largest absolute Gasteiger partial charge is 0.379 e. The molecule has 0 unspecified atom stereocenters. The van der Waals surface area contributed by atoms with Crippen LogP contribution in [0.2, 0.25) is 0 Å². The van der Waals surface area contributed by atoms with Crippen molar-refractivity contribution in [3.63, 3.8) is 0 Å². The minimum absolute atomic E-state index is 0.0416. The number of likely N-dealkylation sites (tertiary alicyclic amines) is 1. The zero-order valence-corrected chi connectivity index (χ0v) is 19.9. The zero-order chi connectivity index (χ0) is 24.8. The number of carbonyl (C=O) groups excluding carboxylic acids is 1. The maximum Gasteiger partial charge on any atom is 0.261 e. The molecule has 1 atom stereocenters. The van der Waals surface area contributed by atoms with Gasteiger partial charge in [0.1, 0.15) is 5.39 Å². The fraction of sp³-hybridized carbons (Fsp3) is 0.480. The van der Waals surface area contributed by atoms with E-state index in [0.717, 1.165) is 18.4 Å². The minimum atomic E-state index is -2.70. The molecular weight excluding hydrogens is 456 g/mol. The van der Waals surface area contributed by atoms with Crippen LogP contribution in [0.1, 0.15) is 48.5 Å². The van der Waals surface area contributed by atoms with Crippen LogP contribution >= 0.6 is 0 Å². The number of piperidine rings is 1. The summed E-state index contributed by atoms with van der Waals surface area (Å²) in [6.45, 7) is 5.18. The lowest BCUT2D eigenvalue weighted by Crippen LogP contribution is -2.42. The Morgan fingerprint density at radius 2 is 1.97 bits per heavy atom. The monoisotopic (exact) mass is 485 g/mol. The van der Waals surface area contributed by atoms with Gasteiger partial charge in [-0.1, -0.05) is 0 Å². The van der Waals surface area contributed by atoms with Crippen LogP contribution in [0.25, 0.3) is 10.9 Å². The number of hydrogen-bond acceptors (Lipinski definition) is 5. The van der Waals surface area contributed by atoms with Crippen molar-refractivity contribution >= 4 is 28.3 Å². The Bertz CT molecular complexity index is 1320. The molecule has 2 saturated heterocycles. The first kappa shape index (κ1) is 23.5. The molecule has 35 heavy (non-hydrogen) atoms. The summed E-state index contributed by atoms with van der Waals surface area (Å²) in [5.41, 5.74) is 1.95. The van der Waals surface area contributed by atoms with Crippen molar-refractivity contribution < 1.29 is 18.3 Å². The molecule has 0 saturated carbocycles. The number of rotatable bonds is 4. The van der Waals surface area contributed by atoms with Gasteiger partial charge in [-0.25, -0.2) is 8.78 Å². The second kappa shape index (κ2) is 8.75. The molecule has 5 rings (SSSR count). The number of amides is 1. The van der Waals surface area contributed by atoms with E-state index < -0.39 is 5.92 Å². The highest BCUT2D eigenvalue weighted by Gasteiger charge is 2.36. The van der Waals surface area contributed by atoms with Gasteiger partial charge in [0.25, 0.3) is 17.4 Å². The number of halogens is 2. The average Bonchev–Trinajstić information content (AvgIpc) is 3.20. The number of pyridine rings is 1. The van der Waals surface area contributed by atoms with Gasteiger partial charge in [-0.2, -0.15) is 5.10 Å². The molecule has 4 heterocycles. The zero-order valence-electron chi connectivity index (χ0n) is 19.9. The van der Waals surface area contributed by atoms with Crippen molar-refractivity contribution in [2.75, 3.05) is 31.6 Å². The van der Waals surface area contributed by atoms with E-state index in [2.05, 4.69) is 17.2 Å². The first-order valence-corrected chi connectivity index (χ1v) is 11.9. The van der Waals surface area contributed by atoms with E-state index in [1.165, 1.54) is 4.90 Å². The predicted octanol–water partition coefficient (Wildman–Crippen LogP) is 4.17. The molecule has 3 aromatic rings. The number of benzene rings is 1. The van der Waals surface area contributed by atoms with Gasteiger partial charge in [-0.05, 0) is 56.5 Å². The molecule has 8 nitrogen and oxygen atoms in total. The van der Waals surface area contributed by atoms with Crippen LogP contribution in [0.5, 0.6) is 0 Å². The number of H-pyrrole nitrogens is 1. The molecule has 10 heteroatoms. The molecule has 2 N–H and O–H groups in total. The number of ether oxygens (including phenoxy) is 1. The van der Waals surface area contributed by atoms with Crippen molar-refractivity contribution in [3.05, 3.63) is 51.9 Å². The SMILES string of the molecule is Cc1cc(Nc2nn([C@]3(C)CCCOC3)c3cc[nH]c(=O)c23)ccc1C(=O)N1CCC(F)(F)CC1. The summed E-state index contributed by atoms with van der Waals surface area (Å²) in [4.78, 5) is 29.9. The highest BCUT2D eigenvalue weighted by atomic mass is 19.3. The van der Waals surface area contributed by atoms with Gasteiger partial charge in [0, 0.05) is 50.0 Å². The van der Waals surface area contributed by atoms with E-state index in [1.807, 2.05) is 10.7 Å². The number of fused-ring (bicyclic) bond motifs is 1. The summed E-state index contributed by atoms with van der Waals surface area (Å²) < 4.78 is 34.5. The van der Waals surface area contributed by atoms with E-state index in [9.17, 15) is 18.4 Å². The Morgan fingerprint density at radius 3 is 2.66 bits per heavy atom. The lowest BCUT2D eigenvalue weighted by Gasteiger charge is -2.34. The second-order valence-electron chi connectivity index (χ2n) is 9.78. The number of alkyl halides is 2. The number of anilines is 2. The van der Waals surface area contributed by atoms with E-state index in [0.29, 0.717) is 41.2 Å². The van der Waals surface area contributed by atoms with Crippen molar-refractivity contribution in [1.82, 2.24) is 19.7 Å². The molecule has 0 aliphatic carbocycles. The molecular formula is C25H29F2N5O3. The molecule has 2 aliphatic rings. The summed E-state index contributed by atoms with van der Waals surface area (Å²) in [5.74, 6) is -2.53. The van der Waals surface area contributed by atoms with Crippen LogP contribution in [0.3, 0.4) is 0 Å². The Labute approximate surface area is 201 Å². The first-order chi connectivity index (χ1) is 16.7. The fourth-order valence-electron chi connectivity index (χ4n) is 4.99. The van der Waals surface area contributed by atoms with Gasteiger partial charge in [-0.15, -0.1) is 0 Å². The average molecular weight is 486 g/mol. The first-order valence-electron chi connectivity index (χ1n) is 11.9. The Morgan fingerprint density at radius 1 is 1.20 bits per heavy atom. The van der Waals surface area contributed by atoms with E-state index in [1.54, 1.807) is 31.3 Å². The van der Waals surface area contributed by atoms with E-state index >= 15 is 0 Å². The lowest BCUT2D eigenvalue weighted by molar-refractivity contribution is -0.0494. The summed E-state index contributed by atoms with van der Waals surface area (Å²) >= 11 is 0. The van der Waals surface area contributed by atoms with Crippen LogP contribution in [0.15, 0.2) is 35.3 Å². The third-order valence-corrected chi connectivity index (χ3v) is 7.03. The van der Waals surface area contributed by atoms with Crippen LogP contribution in [0.4, 0.5) is 20.3 Å². The van der Waals surface area contributed by atoms with Gasteiger partial charge in [0.2, 0.25) is 0 Å². The highest BCUT2D eigenvalue weighted by Crippen LogP contribution is 2.33. The van der Waals surface area contributed by atoms with E-state index in [4.69, 9.17) is 9.84 Å². The number of aryl methyl sites for hydroxylation is 1. The molecule has 0 spiro atoms. The van der Waals surface area contributed by atoms with Crippen LogP contribution in [-0.2, 0) is 10.3 Å². The number of hydrogen-bond donors (Lipinski definition) is 2. The van der Waals surface area contributed by atoms with Crippen molar-refractivity contribution in [2.24, 2.45) is 0 Å². The van der Waals surface area contributed by atoms with Crippen molar-refractivity contribution in [3.8, 4) is 0 Å². The highest BCUT2D eigenvalue weighted by molar-refractivity contribution is 5.96. The Balaban J connectivity index is 1.43. The van der Waals surface area contributed by atoms with E-state index in [-0.39, 0.29) is 42.9 Å². The number of nitrogens with zero attached hydrogens (tertiary/aromatic N) is 3. The van der Waals surface area contributed by atoms with Gasteiger partial charge in [-0.3, -0.25) is 14.3 Å². The lowest BCUT2D eigenvalue weighted by atomic mass is 9.95. The number of nitrogens with one attached hydrogen (secondary N) is 2. The topological polar surface area (TPSA) is 92.2 Å². The number of aromatic amines is 1. The molecule has 186 valence electrons. The molecule has 2 aliphatic heterocycles. The van der Waals surface area contributed by atoms with Crippen molar-refractivity contribution in [2.45, 2.75) is 51.0 Å². The molecule has 2 fully saturated rings.